The van der Waals surface area contributed by atoms with Crippen LogP contribution in [0, 0.1) is 11.3 Å². The molecule has 1 heterocycles. The third-order valence-corrected chi connectivity index (χ3v) is 4.08. The molecule has 0 amide bonds. The number of nitrogens with one attached hydrogen (secondary N) is 2. The third kappa shape index (κ3) is 2.21. The fourth-order valence-corrected chi connectivity index (χ4v) is 2.62. The molecule has 1 aromatic heterocycles. The van der Waals surface area contributed by atoms with Crippen LogP contribution in [0.4, 0.5) is 5.82 Å². The maximum absolute atomic E-state index is 11.4. The van der Waals surface area contributed by atoms with Gasteiger partial charge >= 0.3 is 0 Å². The number of hydrogen-bond acceptors (Lipinski definition) is 3. The zero-order chi connectivity index (χ0) is 11.9. The molecule has 0 aromatic carbocycles. The van der Waals surface area contributed by atoms with Crippen LogP contribution in [0.2, 0.25) is 0 Å². The van der Waals surface area contributed by atoms with Gasteiger partial charge in [0.25, 0.3) is 5.56 Å². The molecule has 2 fully saturated rings. The Balaban J connectivity index is 1.68. The minimum absolute atomic E-state index is 0.0596. The lowest BCUT2D eigenvalue weighted by Gasteiger charge is -2.15. The Morgan fingerprint density at radius 1 is 1.53 bits per heavy atom. The van der Waals surface area contributed by atoms with E-state index < -0.39 is 0 Å². The van der Waals surface area contributed by atoms with Gasteiger partial charge in [0.1, 0.15) is 11.6 Å². The van der Waals surface area contributed by atoms with Crippen molar-refractivity contribution in [2.24, 2.45) is 11.3 Å². The van der Waals surface area contributed by atoms with E-state index >= 15 is 0 Å². The monoisotopic (exact) mass is 233 g/mol. The highest BCUT2D eigenvalue weighted by Crippen LogP contribution is 2.61. The number of nitrogens with zero attached hydrogens (tertiary/aromatic N) is 1. The first-order valence-corrected chi connectivity index (χ1v) is 6.56. The quantitative estimate of drug-likeness (QED) is 0.817. The Labute approximate surface area is 101 Å². The Kier molecular flexibility index (Phi) is 2.45. The lowest BCUT2D eigenvalue weighted by molar-refractivity contribution is 0.466. The van der Waals surface area contributed by atoms with Crippen LogP contribution in [0.15, 0.2) is 10.9 Å². The molecule has 92 valence electrons. The van der Waals surface area contributed by atoms with Gasteiger partial charge in [0.15, 0.2) is 0 Å². The molecule has 1 aromatic rings. The number of rotatable bonds is 5. The number of aryl methyl sites for hydroxylation is 1. The Bertz CT molecular complexity index is 472. The van der Waals surface area contributed by atoms with Crippen molar-refractivity contribution in [2.45, 2.75) is 39.0 Å². The number of hydrogen-bond donors (Lipinski definition) is 2. The van der Waals surface area contributed by atoms with E-state index in [2.05, 4.69) is 15.3 Å². The SMILES string of the molecule is CCc1nc(NCC2(C3CC3)CC2)cc(=O)[nH]1. The molecule has 4 nitrogen and oxygen atoms in total. The van der Waals surface area contributed by atoms with Gasteiger partial charge in [-0.2, -0.15) is 0 Å². The highest BCUT2D eigenvalue weighted by Gasteiger charge is 2.53. The minimum Gasteiger partial charge on any atom is -0.369 e. The average Bonchev–Trinajstić information content (AvgIpc) is 3.15. The first-order chi connectivity index (χ1) is 8.22. The summed E-state index contributed by atoms with van der Waals surface area (Å²) in [6.07, 6.45) is 6.23. The predicted molar refractivity (Wildman–Crippen MR) is 67.1 cm³/mol. The van der Waals surface area contributed by atoms with Crippen molar-refractivity contribution in [3.8, 4) is 0 Å². The van der Waals surface area contributed by atoms with E-state index in [9.17, 15) is 4.79 Å². The van der Waals surface area contributed by atoms with Crippen LogP contribution in [-0.4, -0.2) is 16.5 Å². The number of aromatic nitrogens is 2. The molecule has 2 saturated carbocycles. The fourth-order valence-electron chi connectivity index (χ4n) is 2.62. The number of aromatic amines is 1. The summed E-state index contributed by atoms with van der Waals surface area (Å²) >= 11 is 0. The van der Waals surface area contributed by atoms with E-state index in [1.165, 1.54) is 25.7 Å². The molecule has 2 aliphatic rings. The van der Waals surface area contributed by atoms with Gasteiger partial charge in [0, 0.05) is 19.0 Å². The fraction of sp³-hybridized carbons (Fsp3) is 0.692. The molecule has 4 heteroatoms. The molecule has 0 atom stereocenters. The molecule has 0 saturated heterocycles. The number of anilines is 1. The van der Waals surface area contributed by atoms with E-state index in [1.54, 1.807) is 6.07 Å². The summed E-state index contributed by atoms with van der Waals surface area (Å²) in [4.78, 5) is 18.6. The van der Waals surface area contributed by atoms with Crippen LogP contribution in [0.5, 0.6) is 0 Å². The first kappa shape index (κ1) is 10.8. The summed E-state index contributed by atoms with van der Waals surface area (Å²) in [5, 5.41) is 3.35. The molecule has 2 N–H and O–H groups in total. The summed E-state index contributed by atoms with van der Waals surface area (Å²) < 4.78 is 0. The van der Waals surface area contributed by atoms with Crippen molar-refractivity contribution in [2.75, 3.05) is 11.9 Å². The maximum Gasteiger partial charge on any atom is 0.252 e. The molecule has 0 radical (unpaired) electrons. The van der Waals surface area contributed by atoms with Gasteiger partial charge in [0.05, 0.1) is 0 Å². The lowest BCUT2D eigenvalue weighted by Crippen LogP contribution is -2.20. The van der Waals surface area contributed by atoms with Crippen molar-refractivity contribution in [3.63, 3.8) is 0 Å². The van der Waals surface area contributed by atoms with Crippen molar-refractivity contribution in [3.05, 3.63) is 22.2 Å². The largest absolute Gasteiger partial charge is 0.369 e. The summed E-state index contributed by atoms with van der Waals surface area (Å²) in [5.74, 6) is 2.43. The normalized spacial score (nSPS) is 21.2. The lowest BCUT2D eigenvalue weighted by atomic mass is 10.0. The van der Waals surface area contributed by atoms with Crippen molar-refractivity contribution in [1.82, 2.24) is 9.97 Å². The van der Waals surface area contributed by atoms with Gasteiger partial charge in [0.2, 0.25) is 0 Å². The van der Waals surface area contributed by atoms with Crippen LogP contribution in [0.25, 0.3) is 0 Å². The Morgan fingerprint density at radius 2 is 2.29 bits per heavy atom. The average molecular weight is 233 g/mol. The molecule has 3 rings (SSSR count). The van der Waals surface area contributed by atoms with Crippen LogP contribution < -0.4 is 10.9 Å². The first-order valence-electron chi connectivity index (χ1n) is 6.56. The summed E-state index contributed by atoms with van der Waals surface area (Å²) in [7, 11) is 0. The molecule has 2 aliphatic carbocycles. The van der Waals surface area contributed by atoms with Crippen LogP contribution in [-0.2, 0) is 6.42 Å². The topological polar surface area (TPSA) is 57.8 Å². The van der Waals surface area contributed by atoms with E-state index in [0.29, 0.717) is 5.41 Å². The van der Waals surface area contributed by atoms with Crippen molar-refractivity contribution < 1.29 is 0 Å². The van der Waals surface area contributed by atoms with Crippen molar-refractivity contribution >= 4 is 5.82 Å². The van der Waals surface area contributed by atoms with E-state index in [-0.39, 0.29) is 5.56 Å². The van der Waals surface area contributed by atoms with E-state index in [4.69, 9.17) is 0 Å². The van der Waals surface area contributed by atoms with Gasteiger partial charge < -0.3 is 10.3 Å². The van der Waals surface area contributed by atoms with Gasteiger partial charge in [-0.3, -0.25) is 4.79 Å². The van der Waals surface area contributed by atoms with E-state index in [1.807, 2.05) is 6.92 Å². The zero-order valence-corrected chi connectivity index (χ0v) is 10.3. The summed E-state index contributed by atoms with van der Waals surface area (Å²) in [6, 6.07) is 1.56. The summed E-state index contributed by atoms with van der Waals surface area (Å²) in [6.45, 7) is 2.98. The van der Waals surface area contributed by atoms with Crippen LogP contribution in [0.3, 0.4) is 0 Å². The smallest absolute Gasteiger partial charge is 0.252 e. The van der Waals surface area contributed by atoms with E-state index in [0.717, 1.165) is 30.5 Å². The standard InChI is InChI=1S/C13H19N3O/c1-2-10-15-11(7-12(17)16-10)14-8-13(5-6-13)9-3-4-9/h7,9H,2-6,8H2,1H3,(H2,14,15,16,17). The Morgan fingerprint density at radius 3 is 2.88 bits per heavy atom. The maximum atomic E-state index is 11.4. The molecular formula is C13H19N3O. The Hall–Kier alpha value is -1.32. The highest BCUT2D eigenvalue weighted by molar-refractivity contribution is 5.34. The molecule has 0 bridgehead atoms. The second-order valence-electron chi connectivity index (χ2n) is 5.42. The van der Waals surface area contributed by atoms with Gasteiger partial charge in [-0.05, 0) is 37.0 Å². The van der Waals surface area contributed by atoms with Gasteiger partial charge in [-0.1, -0.05) is 6.92 Å². The molecule has 0 spiro atoms. The third-order valence-electron chi connectivity index (χ3n) is 4.08. The highest BCUT2D eigenvalue weighted by atomic mass is 16.1. The van der Waals surface area contributed by atoms with Crippen molar-refractivity contribution in [1.29, 1.82) is 0 Å². The molecule has 17 heavy (non-hydrogen) atoms. The van der Waals surface area contributed by atoms with Gasteiger partial charge in [-0.25, -0.2) is 4.98 Å². The summed E-state index contributed by atoms with van der Waals surface area (Å²) in [5.41, 5.74) is 0.479. The number of H-pyrrole nitrogens is 1. The van der Waals surface area contributed by atoms with Gasteiger partial charge in [-0.15, -0.1) is 0 Å². The second kappa shape index (κ2) is 3.86. The van der Waals surface area contributed by atoms with Crippen LogP contribution >= 0.6 is 0 Å². The molecular weight excluding hydrogens is 214 g/mol. The van der Waals surface area contributed by atoms with Crippen LogP contribution in [0.1, 0.15) is 38.4 Å². The zero-order valence-electron chi connectivity index (χ0n) is 10.3. The molecule has 0 unspecified atom stereocenters. The molecule has 0 aliphatic heterocycles. The second-order valence-corrected chi connectivity index (χ2v) is 5.42. The predicted octanol–water partition coefficient (Wildman–Crippen LogP) is 1.93. The minimum atomic E-state index is -0.0596.